The third-order valence-electron chi connectivity index (χ3n) is 5.35. The molecule has 0 unspecified atom stereocenters. The van der Waals surface area contributed by atoms with Crippen molar-refractivity contribution in [1.82, 2.24) is 9.88 Å². The Balaban J connectivity index is 0.00000272. The number of thiazole rings is 1. The first-order valence-corrected chi connectivity index (χ1v) is 11.0. The summed E-state index contributed by atoms with van der Waals surface area (Å²) in [7, 11) is 0. The van der Waals surface area contributed by atoms with Gasteiger partial charge in [0.25, 0.3) is 5.91 Å². The average Bonchev–Trinajstić information content (AvgIpc) is 3.18. The van der Waals surface area contributed by atoms with E-state index in [4.69, 9.17) is 0 Å². The number of aromatic nitrogens is 1. The summed E-state index contributed by atoms with van der Waals surface area (Å²) < 4.78 is 14.4. The van der Waals surface area contributed by atoms with Crippen LogP contribution in [0.1, 0.15) is 24.2 Å². The first-order chi connectivity index (χ1) is 14.6. The highest BCUT2D eigenvalue weighted by atomic mass is 35.5. The second-order valence-electron chi connectivity index (χ2n) is 7.15. The zero-order chi connectivity index (χ0) is 21.1. The second-order valence-corrected chi connectivity index (χ2v) is 8.16. The van der Waals surface area contributed by atoms with E-state index in [1.54, 1.807) is 11.0 Å². The van der Waals surface area contributed by atoms with Crippen molar-refractivity contribution < 1.29 is 9.18 Å². The molecule has 0 atom stereocenters. The average molecular weight is 458 g/mol. The second kappa shape index (κ2) is 10.2. The molecule has 4 aromatic rings. The molecule has 0 saturated heterocycles. The number of carbonyl (C=O) groups is 1. The largest absolute Gasteiger partial charge is 0.302 e. The zero-order valence-electron chi connectivity index (χ0n) is 17.5. The molecule has 0 radical (unpaired) electrons. The van der Waals surface area contributed by atoms with Crippen LogP contribution in [0.15, 0.2) is 60.7 Å². The molecule has 1 aromatic heterocycles. The Morgan fingerprint density at radius 1 is 0.968 bits per heavy atom. The molecule has 0 fully saturated rings. The zero-order valence-corrected chi connectivity index (χ0v) is 19.2. The molecule has 0 aliphatic carbocycles. The van der Waals surface area contributed by atoms with Gasteiger partial charge in [0.15, 0.2) is 5.13 Å². The molecular formula is C24H25ClFN3OS. The van der Waals surface area contributed by atoms with Gasteiger partial charge < -0.3 is 4.90 Å². The highest BCUT2D eigenvalue weighted by molar-refractivity contribution is 7.22. The number of likely N-dealkylation sites (N-methyl/N-ethyl adjacent to an activating group) is 1. The van der Waals surface area contributed by atoms with E-state index >= 15 is 0 Å². The van der Waals surface area contributed by atoms with Crippen LogP contribution in [0.3, 0.4) is 0 Å². The van der Waals surface area contributed by atoms with Crippen molar-refractivity contribution >= 4 is 55.8 Å². The predicted octanol–water partition coefficient (Wildman–Crippen LogP) is 6.00. The van der Waals surface area contributed by atoms with Crippen LogP contribution in [0, 0.1) is 5.82 Å². The van der Waals surface area contributed by atoms with Gasteiger partial charge in [-0.05, 0) is 54.2 Å². The SMILES string of the molecule is CCN(CC)CCN(C(=O)c1ccc2ccccc2c1)c1nc2ccc(F)cc2s1.Cl. The lowest BCUT2D eigenvalue weighted by Gasteiger charge is -2.24. The van der Waals surface area contributed by atoms with E-state index in [1.807, 2.05) is 42.5 Å². The molecule has 4 nitrogen and oxygen atoms in total. The molecule has 0 aliphatic heterocycles. The van der Waals surface area contributed by atoms with E-state index in [0.29, 0.717) is 22.8 Å². The molecule has 0 bridgehead atoms. The van der Waals surface area contributed by atoms with Gasteiger partial charge in [0.1, 0.15) is 5.82 Å². The fraction of sp³-hybridized carbons (Fsp3) is 0.250. The maximum absolute atomic E-state index is 13.7. The van der Waals surface area contributed by atoms with Crippen LogP contribution in [0.25, 0.3) is 21.0 Å². The van der Waals surface area contributed by atoms with Crippen LogP contribution in [0.4, 0.5) is 9.52 Å². The van der Waals surface area contributed by atoms with Gasteiger partial charge in [0.2, 0.25) is 0 Å². The Kier molecular flexibility index (Phi) is 7.59. The Hall–Kier alpha value is -2.54. The van der Waals surface area contributed by atoms with Gasteiger partial charge in [-0.15, -0.1) is 12.4 Å². The van der Waals surface area contributed by atoms with E-state index in [2.05, 4.69) is 23.7 Å². The van der Waals surface area contributed by atoms with Gasteiger partial charge in [-0.25, -0.2) is 9.37 Å². The Morgan fingerprint density at radius 2 is 1.71 bits per heavy atom. The van der Waals surface area contributed by atoms with Crippen LogP contribution in [0.2, 0.25) is 0 Å². The van der Waals surface area contributed by atoms with E-state index in [9.17, 15) is 9.18 Å². The van der Waals surface area contributed by atoms with Gasteiger partial charge in [0, 0.05) is 18.7 Å². The molecule has 1 heterocycles. The van der Waals surface area contributed by atoms with E-state index in [1.165, 1.54) is 23.5 Å². The van der Waals surface area contributed by atoms with Gasteiger partial charge in [-0.2, -0.15) is 0 Å². The monoisotopic (exact) mass is 457 g/mol. The van der Waals surface area contributed by atoms with Gasteiger partial charge in [0.05, 0.1) is 10.2 Å². The van der Waals surface area contributed by atoms with Crippen molar-refractivity contribution in [3.63, 3.8) is 0 Å². The van der Waals surface area contributed by atoms with E-state index in [-0.39, 0.29) is 24.1 Å². The quantitative estimate of drug-likeness (QED) is 0.341. The molecule has 3 aromatic carbocycles. The summed E-state index contributed by atoms with van der Waals surface area (Å²) in [5.74, 6) is -0.388. The summed E-state index contributed by atoms with van der Waals surface area (Å²) in [5.41, 5.74) is 1.33. The first kappa shape index (κ1) is 23.1. The number of amides is 1. The lowest BCUT2D eigenvalue weighted by Crippen LogP contribution is -2.38. The smallest absolute Gasteiger partial charge is 0.260 e. The number of hydrogen-bond donors (Lipinski definition) is 0. The Labute approximate surface area is 191 Å². The molecule has 0 aliphatic rings. The maximum Gasteiger partial charge on any atom is 0.260 e. The molecule has 31 heavy (non-hydrogen) atoms. The molecule has 0 spiro atoms. The Morgan fingerprint density at radius 3 is 2.45 bits per heavy atom. The number of anilines is 1. The molecule has 162 valence electrons. The van der Waals surface area contributed by atoms with Gasteiger partial charge in [-0.1, -0.05) is 55.5 Å². The van der Waals surface area contributed by atoms with Crippen molar-refractivity contribution in [2.75, 3.05) is 31.1 Å². The maximum atomic E-state index is 13.7. The highest BCUT2D eigenvalue weighted by Gasteiger charge is 2.22. The van der Waals surface area contributed by atoms with E-state index in [0.717, 1.165) is 35.1 Å². The molecule has 7 heteroatoms. The number of nitrogens with zero attached hydrogens (tertiary/aromatic N) is 3. The number of halogens is 2. The van der Waals surface area contributed by atoms with Crippen molar-refractivity contribution in [3.8, 4) is 0 Å². The van der Waals surface area contributed by atoms with Gasteiger partial charge >= 0.3 is 0 Å². The standard InChI is InChI=1S/C24H24FN3OS.ClH/c1-3-27(4-2)13-14-28(24-26-21-12-11-20(25)16-22(21)30-24)23(29)19-10-9-17-7-5-6-8-18(17)15-19;/h5-12,15-16H,3-4,13-14H2,1-2H3;1H. The fourth-order valence-electron chi connectivity index (χ4n) is 3.55. The summed E-state index contributed by atoms with van der Waals surface area (Å²) in [5, 5.41) is 2.72. The third kappa shape index (κ3) is 5.03. The molecule has 4 rings (SSSR count). The summed E-state index contributed by atoms with van der Waals surface area (Å²) in [4.78, 5) is 22.2. The number of rotatable bonds is 7. The number of hydrogen-bond acceptors (Lipinski definition) is 4. The van der Waals surface area contributed by atoms with Crippen molar-refractivity contribution in [2.24, 2.45) is 0 Å². The fourth-order valence-corrected chi connectivity index (χ4v) is 4.56. The van der Waals surface area contributed by atoms with Gasteiger partial charge in [-0.3, -0.25) is 9.69 Å². The summed E-state index contributed by atoms with van der Waals surface area (Å²) >= 11 is 1.35. The third-order valence-corrected chi connectivity index (χ3v) is 6.39. The molecular weight excluding hydrogens is 433 g/mol. The van der Waals surface area contributed by atoms with Crippen molar-refractivity contribution in [1.29, 1.82) is 0 Å². The minimum absolute atomic E-state index is 0. The summed E-state index contributed by atoms with van der Waals surface area (Å²) in [6.45, 7) is 7.32. The first-order valence-electron chi connectivity index (χ1n) is 10.2. The molecule has 1 amide bonds. The van der Waals surface area contributed by atoms with Crippen molar-refractivity contribution in [3.05, 3.63) is 72.0 Å². The van der Waals surface area contributed by atoms with Crippen LogP contribution < -0.4 is 4.90 Å². The normalized spacial score (nSPS) is 11.1. The van der Waals surface area contributed by atoms with E-state index < -0.39 is 0 Å². The minimum atomic E-state index is -0.298. The van der Waals surface area contributed by atoms with Crippen LogP contribution >= 0.6 is 23.7 Å². The topological polar surface area (TPSA) is 36.4 Å². The lowest BCUT2D eigenvalue weighted by atomic mass is 10.1. The van der Waals surface area contributed by atoms with Crippen molar-refractivity contribution in [2.45, 2.75) is 13.8 Å². The number of fused-ring (bicyclic) bond motifs is 2. The Bertz CT molecular complexity index is 1190. The predicted molar refractivity (Wildman–Crippen MR) is 130 cm³/mol. The summed E-state index contributed by atoms with van der Waals surface area (Å²) in [6, 6.07) is 18.3. The number of carbonyl (C=O) groups excluding carboxylic acids is 1. The van der Waals surface area contributed by atoms with Crippen LogP contribution in [-0.2, 0) is 0 Å². The molecule has 0 saturated carbocycles. The summed E-state index contributed by atoms with van der Waals surface area (Å²) in [6.07, 6.45) is 0. The van der Waals surface area contributed by atoms with Crippen LogP contribution in [-0.4, -0.2) is 42.0 Å². The lowest BCUT2D eigenvalue weighted by molar-refractivity contribution is 0.0984. The number of benzene rings is 3. The highest BCUT2D eigenvalue weighted by Crippen LogP contribution is 2.30. The van der Waals surface area contributed by atoms with Crippen LogP contribution in [0.5, 0.6) is 0 Å². The minimum Gasteiger partial charge on any atom is -0.302 e. The molecule has 0 N–H and O–H groups in total.